The molecule has 0 aliphatic carbocycles. The van der Waals surface area contributed by atoms with Gasteiger partial charge in [0.2, 0.25) is 0 Å². The summed E-state index contributed by atoms with van der Waals surface area (Å²) in [6.45, 7) is 3.60. The maximum Gasteiger partial charge on any atom is 0.311 e. The van der Waals surface area contributed by atoms with Crippen molar-refractivity contribution in [3.05, 3.63) is 64.0 Å². The molecule has 2 rings (SSSR count). The summed E-state index contributed by atoms with van der Waals surface area (Å²) in [4.78, 5) is 31.5. The molecule has 144 valence electrons. The molecule has 0 radical (unpaired) electrons. The molecule has 1 amide bonds. The molecule has 0 saturated carbocycles. The van der Waals surface area contributed by atoms with Gasteiger partial charge < -0.3 is 14.5 Å². The summed E-state index contributed by atoms with van der Waals surface area (Å²) >= 11 is 0. The van der Waals surface area contributed by atoms with Gasteiger partial charge in [-0.3, -0.25) is 19.9 Å². The van der Waals surface area contributed by atoms with Gasteiger partial charge in [-0.1, -0.05) is 6.07 Å². The van der Waals surface area contributed by atoms with Crippen LogP contribution in [-0.4, -0.2) is 59.4 Å². The Kier molecular flexibility index (Phi) is 7.25. The quantitative estimate of drug-likeness (QED) is 0.496. The van der Waals surface area contributed by atoms with Crippen LogP contribution in [-0.2, 0) is 6.54 Å². The smallest absolute Gasteiger partial charge is 0.311 e. The highest BCUT2D eigenvalue weighted by Crippen LogP contribution is 2.28. The van der Waals surface area contributed by atoms with Crippen LogP contribution in [0.2, 0.25) is 0 Å². The number of nitrogens with zero attached hydrogens (tertiary/aromatic N) is 4. The molecule has 0 N–H and O–H groups in total. The van der Waals surface area contributed by atoms with Gasteiger partial charge in [-0.15, -0.1) is 0 Å². The second-order valence-electron chi connectivity index (χ2n) is 6.26. The largest absolute Gasteiger partial charge is 0.487 e. The number of benzene rings is 1. The Hall–Kier alpha value is -3.00. The van der Waals surface area contributed by atoms with Crippen molar-refractivity contribution in [1.82, 2.24) is 14.8 Å². The van der Waals surface area contributed by atoms with E-state index in [1.807, 2.05) is 31.1 Å². The first-order valence-electron chi connectivity index (χ1n) is 8.66. The number of nitro groups is 1. The molecule has 2 aromatic rings. The summed E-state index contributed by atoms with van der Waals surface area (Å²) < 4.78 is 5.29. The summed E-state index contributed by atoms with van der Waals surface area (Å²) in [7, 11) is 3.85. The number of carbonyl (C=O) groups is 1. The van der Waals surface area contributed by atoms with E-state index in [4.69, 9.17) is 4.74 Å². The lowest BCUT2D eigenvalue weighted by Crippen LogP contribution is -2.36. The predicted octanol–water partition coefficient (Wildman–Crippen LogP) is 2.59. The fourth-order valence-electron chi connectivity index (χ4n) is 2.54. The zero-order valence-corrected chi connectivity index (χ0v) is 15.8. The van der Waals surface area contributed by atoms with Crippen molar-refractivity contribution in [1.29, 1.82) is 0 Å². The van der Waals surface area contributed by atoms with Gasteiger partial charge in [-0.2, -0.15) is 0 Å². The highest BCUT2D eigenvalue weighted by atomic mass is 16.6. The number of hydrogen-bond donors (Lipinski definition) is 0. The number of likely N-dealkylation sites (N-methyl/N-ethyl adjacent to an activating group) is 1. The molecule has 0 atom stereocenters. The van der Waals surface area contributed by atoms with Gasteiger partial charge in [0.1, 0.15) is 0 Å². The van der Waals surface area contributed by atoms with Crippen LogP contribution < -0.4 is 4.74 Å². The van der Waals surface area contributed by atoms with Crippen LogP contribution in [0.1, 0.15) is 22.8 Å². The normalized spacial score (nSPS) is 10.7. The number of nitro benzene ring substituents is 1. The molecule has 8 heteroatoms. The minimum absolute atomic E-state index is 0.158. The summed E-state index contributed by atoms with van der Waals surface area (Å²) in [5.74, 6) is -0.113. The second kappa shape index (κ2) is 9.63. The lowest BCUT2D eigenvalue weighted by Gasteiger charge is -2.24. The van der Waals surface area contributed by atoms with Gasteiger partial charge in [0.15, 0.2) is 5.75 Å². The van der Waals surface area contributed by atoms with Crippen LogP contribution >= 0.6 is 0 Å². The molecule has 0 unspecified atom stereocenters. The van der Waals surface area contributed by atoms with Crippen molar-refractivity contribution in [3.63, 3.8) is 0 Å². The molecular weight excluding hydrogens is 348 g/mol. The summed E-state index contributed by atoms with van der Waals surface area (Å²) in [6.07, 6.45) is 3.38. The molecule has 1 heterocycles. The third-order valence-electron chi connectivity index (χ3n) is 3.90. The average molecular weight is 372 g/mol. The average Bonchev–Trinajstić information content (AvgIpc) is 2.65. The van der Waals surface area contributed by atoms with Crippen molar-refractivity contribution in [2.24, 2.45) is 0 Å². The van der Waals surface area contributed by atoms with Crippen molar-refractivity contribution in [3.8, 4) is 5.75 Å². The Morgan fingerprint density at radius 3 is 2.63 bits per heavy atom. The fraction of sp³-hybridized carbons (Fsp3) is 0.368. The fourth-order valence-corrected chi connectivity index (χ4v) is 2.54. The first-order valence-corrected chi connectivity index (χ1v) is 8.66. The van der Waals surface area contributed by atoms with Crippen molar-refractivity contribution in [2.75, 3.05) is 33.8 Å². The lowest BCUT2D eigenvalue weighted by atomic mass is 10.1. The number of pyridine rings is 1. The molecule has 0 bridgehead atoms. The Balaban J connectivity index is 2.30. The molecule has 0 spiro atoms. The molecule has 0 aliphatic rings. The van der Waals surface area contributed by atoms with Gasteiger partial charge >= 0.3 is 5.69 Å². The maximum absolute atomic E-state index is 13.0. The van der Waals surface area contributed by atoms with E-state index in [1.54, 1.807) is 30.3 Å². The van der Waals surface area contributed by atoms with Crippen LogP contribution in [0.25, 0.3) is 0 Å². The molecule has 0 aliphatic heterocycles. The zero-order chi connectivity index (χ0) is 19.8. The van der Waals surface area contributed by atoms with Gasteiger partial charge in [0, 0.05) is 43.7 Å². The molecule has 1 aromatic carbocycles. The van der Waals surface area contributed by atoms with Gasteiger partial charge in [-0.05, 0) is 44.8 Å². The number of hydrogen-bond acceptors (Lipinski definition) is 6. The van der Waals surface area contributed by atoms with Crippen molar-refractivity contribution < 1.29 is 14.5 Å². The van der Waals surface area contributed by atoms with Crippen molar-refractivity contribution >= 4 is 11.6 Å². The predicted molar refractivity (Wildman–Crippen MR) is 102 cm³/mol. The molecular formula is C19H24N4O4. The van der Waals surface area contributed by atoms with Crippen LogP contribution in [0.5, 0.6) is 5.75 Å². The highest BCUT2D eigenvalue weighted by Gasteiger charge is 2.22. The topological polar surface area (TPSA) is 88.8 Å². The number of carbonyl (C=O) groups excluding carboxylic acids is 1. The maximum atomic E-state index is 13.0. The third-order valence-corrected chi connectivity index (χ3v) is 3.90. The standard InChI is InChI=1S/C19H24N4O4/c1-4-27-18-8-7-16(12-17(18)23(25)26)19(24)22(11-10-21(2)3)14-15-6-5-9-20-13-15/h5-9,12-13H,4,10-11,14H2,1-3H3. The number of aromatic nitrogens is 1. The van der Waals surface area contributed by atoms with Gasteiger partial charge in [-0.25, -0.2) is 0 Å². The van der Waals surface area contributed by atoms with E-state index in [1.165, 1.54) is 12.1 Å². The molecule has 8 nitrogen and oxygen atoms in total. The zero-order valence-electron chi connectivity index (χ0n) is 15.8. The van der Waals surface area contributed by atoms with Crippen LogP contribution in [0.4, 0.5) is 5.69 Å². The highest BCUT2D eigenvalue weighted by molar-refractivity contribution is 5.95. The summed E-state index contributed by atoms with van der Waals surface area (Å²) in [5, 5.41) is 11.3. The van der Waals surface area contributed by atoms with Crippen LogP contribution in [0.15, 0.2) is 42.7 Å². The number of amides is 1. The lowest BCUT2D eigenvalue weighted by molar-refractivity contribution is -0.385. The van der Waals surface area contributed by atoms with Crippen LogP contribution in [0.3, 0.4) is 0 Å². The first-order chi connectivity index (χ1) is 12.9. The van der Waals surface area contributed by atoms with E-state index in [0.29, 0.717) is 26.2 Å². The Morgan fingerprint density at radius 2 is 2.04 bits per heavy atom. The van der Waals surface area contributed by atoms with E-state index in [2.05, 4.69) is 4.98 Å². The molecule has 27 heavy (non-hydrogen) atoms. The third kappa shape index (κ3) is 5.75. The van der Waals surface area contributed by atoms with Crippen LogP contribution in [0, 0.1) is 10.1 Å². The Morgan fingerprint density at radius 1 is 1.26 bits per heavy atom. The Labute approximate surface area is 158 Å². The monoisotopic (exact) mass is 372 g/mol. The molecule has 1 aromatic heterocycles. The van der Waals surface area contributed by atoms with E-state index in [0.717, 1.165) is 5.56 Å². The van der Waals surface area contributed by atoms with Gasteiger partial charge in [0.25, 0.3) is 5.91 Å². The van der Waals surface area contributed by atoms with Gasteiger partial charge in [0.05, 0.1) is 11.5 Å². The van der Waals surface area contributed by atoms with Crippen molar-refractivity contribution in [2.45, 2.75) is 13.5 Å². The minimum atomic E-state index is -0.535. The minimum Gasteiger partial charge on any atom is -0.487 e. The number of rotatable bonds is 9. The second-order valence-corrected chi connectivity index (χ2v) is 6.26. The van der Waals surface area contributed by atoms with E-state index < -0.39 is 4.92 Å². The van der Waals surface area contributed by atoms with E-state index in [-0.39, 0.29) is 22.9 Å². The van der Waals surface area contributed by atoms with E-state index in [9.17, 15) is 14.9 Å². The summed E-state index contributed by atoms with van der Waals surface area (Å²) in [5.41, 5.74) is 0.939. The Bertz CT molecular complexity index is 781. The molecule has 0 saturated heterocycles. The number of ether oxygens (including phenoxy) is 1. The SMILES string of the molecule is CCOc1ccc(C(=O)N(CCN(C)C)Cc2cccnc2)cc1[N+](=O)[O-]. The molecule has 0 fully saturated rings. The van der Waals surface area contributed by atoms with E-state index >= 15 is 0 Å². The summed E-state index contributed by atoms with van der Waals surface area (Å²) in [6, 6.07) is 8.02. The first kappa shape index (κ1) is 20.3.